The molecule has 0 saturated carbocycles. The fraction of sp³-hybridized carbons (Fsp3) is 0.469. The zero-order valence-electron chi connectivity index (χ0n) is 25.1. The Bertz CT molecular complexity index is 1500. The van der Waals surface area contributed by atoms with Gasteiger partial charge in [0.2, 0.25) is 0 Å². The van der Waals surface area contributed by atoms with Gasteiger partial charge in [-0.3, -0.25) is 14.6 Å². The maximum Gasteiger partial charge on any atom is 0.434 e. The number of pyridine rings is 1. The maximum atomic E-state index is 13.7. The number of hydrogen-bond acceptors (Lipinski definition) is 6. The van der Waals surface area contributed by atoms with E-state index >= 15 is 0 Å². The summed E-state index contributed by atoms with van der Waals surface area (Å²) < 4.78 is 41.1. The third-order valence-corrected chi connectivity index (χ3v) is 8.48. The number of halogens is 3. The molecule has 1 aliphatic carbocycles. The second kappa shape index (κ2) is 11.9. The molecular formula is C32H37F3N6O2. The van der Waals surface area contributed by atoms with E-state index in [2.05, 4.69) is 19.9 Å². The van der Waals surface area contributed by atoms with E-state index in [1.54, 1.807) is 18.7 Å². The van der Waals surface area contributed by atoms with Gasteiger partial charge in [-0.1, -0.05) is 6.07 Å². The number of anilines is 1. The van der Waals surface area contributed by atoms with Gasteiger partial charge in [-0.2, -0.15) is 13.2 Å². The highest BCUT2D eigenvalue weighted by Gasteiger charge is 2.41. The topological polar surface area (TPSA) is 82.5 Å². The Morgan fingerprint density at radius 3 is 2.37 bits per heavy atom. The van der Waals surface area contributed by atoms with Gasteiger partial charge < -0.3 is 14.7 Å². The molecule has 1 fully saturated rings. The van der Waals surface area contributed by atoms with Gasteiger partial charge >= 0.3 is 6.18 Å². The third kappa shape index (κ3) is 6.21. The minimum Gasteiger partial charge on any atom is -0.356 e. The van der Waals surface area contributed by atoms with Crippen LogP contribution in [0.25, 0.3) is 0 Å². The van der Waals surface area contributed by atoms with Crippen molar-refractivity contribution in [1.82, 2.24) is 24.8 Å². The Hall–Kier alpha value is -4.02. The zero-order chi connectivity index (χ0) is 31.1. The van der Waals surface area contributed by atoms with E-state index < -0.39 is 29.4 Å². The lowest BCUT2D eigenvalue weighted by Gasteiger charge is -2.37. The molecule has 0 bridgehead atoms. The molecule has 1 aromatic carbocycles. The number of piperidine rings is 1. The fourth-order valence-corrected chi connectivity index (χ4v) is 6.39. The number of aromatic nitrogens is 3. The van der Waals surface area contributed by atoms with Crippen LogP contribution in [0.4, 0.5) is 19.0 Å². The predicted octanol–water partition coefficient (Wildman–Crippen LogP) is 5.79. The first kappa shape index (κ1) is 30.4. The fourth-order valence-electron chi connectivity index (χ4n) is 6.39. The van der Waals surface area contributed by atoms with Gasteiger partial charge in [-0.15, -0.1) is 0 Å². The van der Waals surface area contributed by atoms with Crippen molar-refractivity contribution in [3.05, 3.63) is 82.1 Å². The monoisotopic (exact) mass is 594 g/mol. The number of amides is 2. The number of alkyl halides is 3. The Morgan fingerprint density at radius 1 is 1.00 bits per heavy atom. The van der Waals surface area contributed by atoms with Crippen molar-refractivity contribution in [3.8, 4) is 0 Å². The van der Waals surface area contributed by atoms with E-state index in [-0.39, 0.29) is 18.0 Å². The molecule has 2 aromatic heterocycles. The van der Waals surface area contributed by atoms with Gasteiger partial charge in [0.05, 0.1) is 11.6 Å². The molecule has 2 aliphatic rings. The van der Waals surface area contributed by atoms with Gasteiger partial charge in [0, 0.05) is 55.7 Å². The summed E-state index contributed by atoms with van der Waals surface area (Å²) in [6.07, 6.45) is -0.897. The molecule has 228 valence electrons. The van der Waals surface area contributed by atoms with Gasteiger partial charge in [0.1, 0.15) is 11.6 Å². The molecular weight excluding hydrogens is 557 g/mol. The summed E-state index contributed by atoms with van der Waals surface area (Å²) >= 11 is 0. The summed E-state index contributed by atoms with van der Waals surface area (Å²) in [5.41, 5.74) is 1.57. The van der Waals surface area contributed by atoms with Crippen LogP contribution in [0, 0.1) is 13.8 Å². The molecule has 11 heteroatoms. The van der Waals surface area contributed by atoms with E-state index in [9.17, 15) is 22.8 Å². The lowest BCUT2D eigenvalue weighted by atomic mass is 9.99. The molecule has 3 heterocycles. The predicted molar refractivity (Wildman–Crippen MR) is 157 cm³/mol. The molecule has 1 atom stereocenters. The van der Waals surface area contributed by atoms with Crippen LogP contribution in [-0.4, -0.2) is 68.8 Å². The molecule has 1 saturated heterocycles. The van der Waals surface area contributed by atoms with Crippen molar-refractivity contribution < 1.29 is 22.8 Å². The summed E-state index contributed by atoms with van der Waals surface area (Å²) in [6.45, 7) is 8.95. The molecule has 0 unspecified atom stereocenters. The first-order valence-corrected chi connectivity index (χ1v) is 14.7. The number of carbonyl (C=O) groups excluding carboxylic acids is 2. The number of carbonyl (C=O) groups is 2. The molecule has 0 N–H and O–H groups in total. The molecule has 0 radical (unpaired) electrons. The Balaban J connectivity index is 1.34. The van der Waals surface area contributed by atoms with Gasteiger partial charge in [-0.25, -0.2) is 9.97 Å². The number of aryl methyl sites for hydroxylation is 3. The molecule has 3 aromatic rings. The summed E-state index contributed by atoms with van der Waals surface area (Å²) in [5, 5.41) is 0. The van der Waals surface area contributed by atoms with Crippen molar-refractivity contribution in [2.24, 2.45) is 0 Å². The van der Waals surface area contributed by atoms with E-state index in [1.165, 1.54) is 17.0 Å². The normalized spacial score (nSPS) is 17.2. The first-order chi connectivity index (χ1) is 20.3. The summed E-state index contributed by atoms with van der Waals surface area (Å²) in [6, 6.07) is 9.27. The highest BCUT2D eigenvalue weighted by atomic mass is 19.4. The van der Waals surface area contributed by atoms with Crippen molar-refractivity contribution in [3.63, 3.8) is 0 Å². The molecule has 0 spiro atoms. The van der Waals surface area contributed by atoms with Crippen LogP contribution in [-0.2, 0) is 12.6 Å². The van der Waals surface area contributed by atoms with Gasteiger partial charge in [0.25, 0.3) is 11.8 Å². The van der Waals surface area contributed by atoms with E-state index in [0.29, 0.717) is 18.4 Å². The molecule has 1 aliphatic heterocycles. The van der Waals surface area contributed by atoms with E-state index in [1.807, 2.05) is 45.2 Å². The standard InChI is InChI=1S/C32H37F3N6O2/c1-19(2)41(31(43)25-7-6-14-36-29(25)32(33,34)35)27-11-10-22-8-9-23(18-26(22)27)30(42)39(5)24-12-15-40(16-13-24)28-17-20(3)37-21(4)38-28/h6-9,14,17-19,24,27H,10-13,15-16H2,1-5H3/t27-/m1/s1. The highest BCUT2D eigenvalue weighted by molar-refractivity contribution is 5.96. The lowest BCUT2D eigenvalue weighted by Crippen LogP contribution is -2.46. The lowest BCUT2D eigenvalue weighted by molar-refractivity contribution is -0.141. The second-order valence-corrected chi connectivity index (χ2v) is 11.7. The van der Waals surface area contributed by atoms with Crippen LogP contribution < -0.4 is 4.90 Å². The van der Waals surface area contributed by atoms with E-state index in [4.69, 9.17) is 0 Å². The number of fused-ring (bicyclic) bond motifs is 1. The largest absolute Gasteiger partial charge is 0.434 e. The quantitative estimate of drug-likeness (QED) is 0.360. The van der Waals surface area contributed by atoms with Crippen LogP contribution in [0.15, 0.2) is 42.6 Å². The van der Waals surface area contributed by atoms with Crippen molar-refractivity contribution in [1.29, 1.82) is 0 Å². The Morgan fingerprint density at radius 2 is 1.72 bits per heavy atom. The smallest absolute Gasteiger partial charge is 0.356 e. The third-order valence-electron chi connectivity index (χ3n) is 8.48. The highest BCUT2D eigenvalue weighted by Crippen LogP contribution is 2.40. The molecule has 2 amide bonds. The van der Waals surface area contributed by atoms with Crippen LogP contribution in [0.5, 0.6) is 0 Å². The van der Waals surface area contributed by atoms with Crippen LogP contribution in [0.3, 0.4) is 0 Å². The van der Waals surface area contributed by atoms with Gasteiger partial charge in [0.15, 0.2) is 5.69 Å². The van der Waals surface area contributed by atoms with Crippen molar-refractivity contribution in [2.45, 2.75) is 77.7 Å². The van der Waals surface area contributed by atoms with E-state index in [0.717, 1.165) is 60.6 Å². The summed E-state index contributed by atoms with van der Waals surface area (Å²) in [4.78, 5) is 45.3. The molecule has 8 nitrogen and oxygen atoms in total. The number of rotatable bonds is 6. The molecule has 5 rings (SSSR count). The summed E-state index contributed by atoms with van der Waals surface area (Å²) in [5.74, 6) is 0.802. The van der Waals surface area contributed by atoms with Crippen LogP contribution >= 0.6 is 0 Å². The zero-order valence-corrected chi connectivity index (χ0v) is 25.1. The Labute approximate surface area is 249 Å². The molecule has 43 heavy (non-hydrogen) atoms. The van der Waals surface area contributed by atoms with Crippen LogP contribution in [0.2, 0.25) is 0 Å². The summed E-state index contributed by atoms with van der Waals surface area (Å²) in [7, 11) is 1.82. The minimum atomic E-state index is -4.75. The first-order valence-electron chi connectivity index (χ1n) is 14.7. The van der Waals surface area contributed by atoms with Crippen molar-refractivity contribution in [2.75, 3.05) is 25.0 Å². The average molecular weight is 595 g/mol. The van der Waals surface area contributed by atoms with Crippen molar-refractivity contribution >= 4 is 17.6 Å². The maximum absolute atomic E-state index is 13.7. The Kier molecular flexibility index (Phi) is 8.45. The van der Waals surface area contributed by atoms with Gasteiger partial charge in [-0.05, 0) is 88.8 Å². The minimum absolute atomic E-state index is 0.0527. The SMILES string of the molecule is Cc1cc(N2CCC(N(C)C(=O)c3ccc4c(c3)[C@H](N(C(=O)c3cccnc3C(F)(F)F)C(C)C)CC4)CC2)nc(C)n1. The van der Waals surface area contributed by atoms with Crippen LogP contribution in [0.1, 0.15) is 88.2 Å². The number of benzene rings is 1. The average Bonchev–Trinajstić information content (AvgIpc) is 3.38. The second-order valence-electron chi connectivity index (χ2n) is 11.7. The number of hydrogen-bond donors (Lipinski definition) is 0. The number of nitrogens with zero attached hydrogens (tertiary/aromatic N) is 6.